The molecular formula is C14H18N4O2. The monoisotopic (exact) mass is 274 g/mol. The van der Waals surface area contributed by atoms with E-state index in [0.717, 1.165) is 0 Å². The number of amides is 1. The number of hydrogen-bond acceptors (Lipinski definition) is 4. The van der Waals surface area contributed by atoms with E-state index in [1.807, 2.05) is 24.8 Å². The SMILES string of the molecule is CC(C)N(CC(N)=O)Cc1cc(=O)n2ccccc2n1. The molecule has 0 aromatic carbocycles. The van der Waals surface area contributed by atoms with E-state index in [1.54, 1.807) is 18.3 Å². The normalized spacial score (nSPS) is 11.4. The first-order chi connectivity index (χ1) is 9.47. The molecule has 0 saturated carbocycles. The Morgan fingerprint density at radius 1 is 1.45 bits per heavy atom. The van der Waals surface area contributed by atoms with Gasteiger partial charge < -0.3 is 5.73 Å². The third kappa shape index (κ3) is 3.21. The molecule has 1 amide bonds. The predicted molar refractivity (Wildman–Crippen MR) is 76.2 cm³/mol. The minimum Gasteiger partial charge on any atom is -0.369 e. The molecule has 0 aliphatic heterocycles. The highest BCUT2D eigenvalue weighted by Gasteiger charge is 2.14. The van der Waals surface area contributed by atoms with E-state index in [0.29, 0.717) is 17.9 Å². The van der Waals surface area contributed by atoms with Gasteiger partial charge in [-0.15, -0.1) is 0 Å². The van der Waals surface area contributed by atoms with E-state index < -0.39 is 5.91 Å². The van der Waals surface area contributed by atoms with Gasteiger partial charge >= 0.3 is 0 Å². The molecule has 6 heteroatoms. The van der Waals surface area contributed by atoms with Gasteiger partial charge in [-0.25, -0.2) is 4.98 Å². The van der Waals surface area contributed by atoms with Crippen molar-refractivity contribution in [2.75, 3.05) is 6.54 Å². The summed E-state index contributed by atoms with van der Waals surface area (Å²) in [5, 5.41) is 0. The molecule has 0 radical (unpaired) electrons. The number of pyridine rings is 1. The van der Waals surface area contributed by atoms with Gasteiger partial charge in [0.25, 0.3) is 5.56 Å². The average molecular weight is 274 g/mol. The minimum absolute atomic E-state index is 0.131. The Bertz CT molecular complexity index is 678. The number of hydrogen-bond donors (Lipinski definition) is 1. The first kappa shape index (κ1) is 14.2. The maximum Gasteiger partial charge on any atom is 0.258 e. The predicted octanol–water partition coefficient (Wildman–Crippen LogP) is 0.390. The van der Waals surface area contributed by atoms with E-state index in [1.165, 1.54) is 10.5 Å². The summed E-state index contributed by atoms with van der Waals surface area (Å²) in [7, 11) is 0. The summed E-state index contributed by atoms with van der Waals surface area (Å²) in [6, 6.07) is 7.01. The van der Waals surface area contributed by atoms with Crippen LogP contribution < -0.4 is 11.3 Å². The van der Waals surface area contributed by atoms with Crippen molar-refractivity contribution in [1.82, 2.24) is 14.3 Å². The van der Waals surface area contributed by atoms with Crippen LogP contribution in [0.3, 0.4) is 0 Å². The Balaban J connectivity index is 2.33. The van der Waals surface area contributed by atoms with Gasteiger partial charge in [-0.3, -0.25) is 18.9 Å². The number of nitrogens with zero attached hydrogens (tertiary/aromatic N) is 3. The summed E-state index contributed by atoms with van der Waals surface area (Å²) in [5.41, 5.74) is 6.34. The van der Waals surface area contributed by atoms with Crippen LogP contribution in [-0.4, -0.2) is 32.8 Å². The second-order valence-electron chi connectivity index (χ2n) is 4.98. The van der Waals surface area contributed by atoms with Gasteiger partial charge in [0.1, 0.15) is 5.65 Å². The lowest BCUT2D eigenvalue weighted by atomic mass is 10.2. The van der Waals surface area contributed by atoms with Crippen molar-refractivity contribution in [2.45, 2.75) is 26.4 Å². The van der Waals surface area contributed by atoms with E-state index in [9.17, 15) is 9.59 Å². The lowest BCUT2D eigenvalue weighted by Gasteiger charge is -2.24. The summed E-state index contributed by atoms with van der Waals surface area (Å²) in [6.45, 7) is 4.50. The smallest absolute Gasteiger partial charge is 0.258 e. The van der Waals surface area contributed by atoms with Crippen LogP contribution in [0.15, 0.2) is 35.3 Å². The number of aromatic nitrogens is 2. The van der Waals surface area contributed by atoms with Crippen molar-refractivity contribution < 1.29 is 4.79 Å². The highest BCUT2D eigenvalue weighted by atomic mass is 16.1. The largest absolute Gasteiger partial charge is 0.369 e. The van der Waals surface area contributed by atoms with E-state index in [2.05, 4.69) is 4.98 Å². The summed E-state index contributed by atoms with van der Waals surface area (Å²) in [4.78, 5) is 29.4. The number of carbonyl (C=O) groups excluding carboxylic acids is 1. The highest BCUT2D eigenvalue weighted by molar-refractivity contribution is 5.75. The summed E-state index contributed by atoms with van der Waals surface area (Å²) < 4.78 is 1.48. The van der Waals surface area contributed by atoms with Crippen molar-refractivity contribution in [3.8, 4) is 0 Å². The number of fused-ring (bicyclic) bond motifs is 1. The summed E-state index contributed by atoms with van der Waals surface area (Å²) >= 11 is 0. The van der Waals surface area contributed by atoms with Crippen LogP contribution in [0, 0.1) is 0 Å². The minimum atomic E-state index is -0.392. The van der Waals surface area contributed by atoms with Crippen molar-refractivity contribution in [3.05, 3.63) is 46.5 Å². The average Bonchev–Trinajstić information content (AvgIpc) is 2.37. The number of rotatable bonds is 5. The number of nitrogens with two attached hydrogens (primary N) is 1. The van der Waals surface area contributed by atoms with Crippen LogP contribution in [0.25, 0.3) is 5.65 Å². The molecule has 2 aromatic rings. The Morgan fingerprint density at radius 3 is 2.85 bits per heavy atom. The number of carbonyl (C=O) groups is 1. The lowest BCUT2D eigenvalue weighted by molar-refractivity contribution is -0.119. The molecule has 0 spiro atoms. The third-order valence-electron chi connectivity index (χ3n) is 3.08. The third-order valence-corrected chi connectivity index (χ3v) is 3.08. The van der Waals surface area contributed by atoms with Gasteiger partial charge in [-0.05, 0) is 26.0 Å². The fourth-order valence-corrected chi connectivity index (χ4v) is 2.01. The first-order valence-electron chi connectivity index (χ1n) is 6.47. The second-order valence-corrected chi connectivity index (χ2v) is 4.98. The quantitative estimate of drug-likeness (QED) is 0.855. The zero-order valence-electron chi connectivity index (χ0n) is 11.6. The molecule has 6 nitrogen and oxygen atoms in total. The molecule has 2 N–H and O–H groups in total. The van der Waals surface area contributed by atoms with Crippen LogP contribution in [-0.2, 0) is 11.3 Å². The molecule has 2 rings (SSSR count). The second kappa shape index (κ2) is 5.83. The van der Waals surface area contributed by atoms with Gasteiger partial charge in [-0.2, -0.15) is 0 Å². The van der Waals surface area contributed by atoms with Crippen LogP contribution in [0.5, 0.6) is 0 Å². The summed E-state index contributed by atoms with van der Waals surface area (Å²) in [6.07, 6.45) is 1.68. The van der Waals surface area contributed by atoms with Gasteiger partial charge in [0.05, 0.1) is 12.2 Å². The van der Waals surface area contributed by atoms with Gasteiger partial charge in [0, 0.05) is 24.8 Å². The van der Waals surface area contributed by atoms with Gasteiger partial charge in [0.15, 0.2) is 0 Å². The fourth-order valence-electron chi connectivity index (χ4n) is 2.01. The highest BCUT2D eigenvalue weighted by Crippen LogP contribution is 2.06. The van der Waals surface area contributed by atoms with Crippen LogP contribution in [0.1, 0.15) is 19.5 Å². The molecule has 0 aliphatic carbocycles. The Hall–Kier alpha value is -2.21. The van der Waals surface area contributed by atoms with Gasteiger partial charge in [0.2, 0.25) is 5.91 Å². The summed E-state index contributed by atoms with van der Waals surface area (Å²) in [5.74, 6) is -0.392. The molecule has 2 aromatic heterocycles. The zero-order valence-corrected chi connectivity index (χ0v) is 11.6. The van der Waals surface area contributed by atoms with Crippen LogP contribution in [0.2, 0.25) is 0 Å². The van der Waals surface area contributed by atoms with Gasteiger partial charge in [-0.1, -0.05) is 6.07 Å². The Labute approximate surface area is 116 Å². The molecule has 0 aliphatic rings. The van der Waals surface area contributed by atoms with E-state index >= 15 is 0 Å². The van der Waals surface area contributed by atoms with Crippen LogP contribution >= 0.6 is 0 Å². The molecule has 0 atom stereocenters. The van der Waals surface area contributed by atoms with Crippen molar-refractivity contribution in [3.63, 3.8) is 0 Å². The molecular weight excluding hydrogens is 256 g/mol. The lowest BCUT2D eigenvalue weighted by Crippen LogP contribution is -2.38. The molecule has 0 saturated heterocycles. The Morgan fingerprint density at radius 2 is 2.20 bits per heavy atom. The molecule has 106 valence electrons. The molecule has 20 heavy (non-hydrogen) atoms. The van der Waals surface area contributed by atoms with E-state index in [-0.39, 0.29) is 18.1 Å². The standard InChI is InChI=1S/C14H18N4O2/c1-10(2)17(9-12(15)19)8-11-7-14(20)18-6-4-3-5-13(18)16-11/h3-7,10H,8-9H2,1-2H3,(H2,15,19). The maximum absolute atomic E-state index is 12.0. The first-order valence-corrected chi connectivity index (χ1v) is 6.47. The maximum atomic E-state index is 12.0. The molecule has 0 bridgehead atoms. The zero-order chi connectivity index (χ0) is 14.7. The van der Waals surface area contributed by atoms with Crippen molar-refractivity contribution in [1.29, 1.82) is 0 Å². The number of primary amides is 1. The molecule has 0 unspecified atom stereocenters. The Kier molecular flexibility index (Phi) is 4.14. The topological polar surface area (TPSA) is 80.7 Å². The molecule has 2 heterocycles. The van der Waals surface area contributed by atoms with Crippen molar-refractivity contribution >= 4 is 11.6 Å². The van der Waals surface area contributed by atoms with Crippen LogP contribution in [0.4, 0.5) is 0 Å². The van der Waals surface area contributed by atoms with E-state index in [4.69, 9.17) is 5.73 Å². The van der Waals surface area contributed by atoms with Crippen molar-refractivity contribution in [2.24, 2.45) is 5.73 Å². The molecule has 0 fully saturated rings. The fraction of sp³-hybridized carbons (Fsp3) is 0.357.